The molecule has 4 heteroatoms. The van der Waals surface area contributed by atoms with Gasteiger partial charge in [0.25, 0.3) is 0 Å². The van der Waals surface area contributed by atoms with Gasteiger partial charge in [-0.15, -0.1) is 0 Å². The lowest BCUT2D eigenvalue weighted by molar-refractivity contribution is 0.599. The van der Waals surface area contributed by atoms with E-state index in [0.717, 1.165) is 71.8 Å². The number of allylic oxidation sites excluding steroid dienone is 3. The van der Waals surface area contributed by atoms with E-state index in [0.29, 0.717) is 12.3 Å². The SMILES string of the molecule is C=N/C=C\C(=C/Cn1c2c3ccccc3ccc2c2c3ccccc3c3c4ccccc4oc3c21)c1c(C(=C)c2ccc(-c3ccccc3)cc2)oc2ccccc12.CCC. The fourth-order valence-electron chi connectivity index (χ4n) is 8.96. The summed E-state index contributed by atoms with van der Waals surface area (Å²) >= 11 is 0. The van der Waals surface area contributed by atoms with Crippen LogP contribution >= 0.6 is 0 Å². The number of aromatic nitrogens is 1. The Morgan fingerprint density at radius 3 is 1.89 bits per heavy atom. The lowest BCUT2D eigenvalue weighted by atomic mass is 9.94. The summed E-state index contributed by atoms with van der Waals surface area (Å²) in [4.78, 5) is 4.18. The zero-order valence-electron chi connectivity index (χ0n) is 34.4. The third-order valence-electron chi connectivity index (χ3n) is 11.6. The number of rotatable bonds is 8. The topological polar surface area (TPSA) is 43.6 Å². The third kappa shape index (κ3) is 6.36. The van der Waals surface area contributed by atoms with Gasteiger partial charge in [-0.1, -0.05) is 185 Å². The Morgan fingerprint density at radius 1 is 0.574 bits per heavy atom. The molecule has 0 unspecified atom stereocenters. The lowest BCUT2D eigenvalue weighted by Crippen LogP contribution is -1.98. The van der Waals surface area contributed by atoms with Crippen LogP contribution in [0.4, 0.5) is 0 Å². The van der Waals surface area contributed by atoms with Gasteiger partial charge in [-0.3, -0.25) is 4.99 Å². The number of hydrogen-bond acceptors (Lipinski definition) is 3. The summed E-state index contributed by atoms with van der Waals surface area (Å²) in [5.41, 5.74) is 10.8. The molecular formula is C57H44N2O2. The lowest BCUT2D eigenvalue weighted by Gasteiger charge is -2.12. The van der Waals surface area contributed by atoms with Crippen molar-refractivity contribution >= 4 is 94.1 Å². The van der Waals surface area contributed by atoms with E-state index in [1.54, 1.807) is 6.20 Å². The minimum Gasteiger partial charge on any atom is -0.455 e. The van der Waals surface area contributed by atoms with Gasteiger partial charge >= 0.3 is 0 Å². The van der Waals surface area contributed by atoms with E-state index in [4.69, 9.17) is 8.83 Å². The molecule has 3 aromatic heterocycles. The molecule has 0 radical (unpaired) electrons. The van der Waals surface area contributed by atoms with E-state index in [9.17, 15) is 0 Å². The first-order valence-corrected chi connectivity index (χ1v) is 20.9. The first-order chi connectivity index (χ1) is 30.1. The van der Waals surface area contributed by atoms with Crippen LogP contribution in [0.15, 0.2) is 203 Å². The summed E-state index contributed by atoms with van der Waals surface area (Å²) in [6.45, 7) is 13.2. The highest BCUT2D eigenvalue weighted by Gasteiger charge is 2.24. The fourth-order valence-corrected chi connectivity index (χ4v) is 8.96. The van der Waals surface area contributed by atoms with Gasteiger partial charge in [0.05, 0.1) is 11.0 Å². The second kappa shape index (κ2) is 15.8. The van der Waals surface area contributed by atoms with Crippen LogP contribution in [0.2, 0.25) is 0 Å². The quantitative estimate of drug-likeness (QED) is 0.114. The molecule has 0 aliphatic heterocycles. The Kier molecular flexibility index (Phi) is 9.74. The van der Waals surface area contributed by atoms with Crippen LogP contribution in [0.3, 0.4) is 0 Å². The van der Waals surface area contributed by atoms with Crippen LogP contribution in [0.1, 0.15) is 37.2 Å². The van der Waals surface area contributed by atoms with Crippen LogP contribution in [0.25, 0.3) is 98.5 Å². The molecule has 0 amide bonds. The molecule has 11 aromatic rings. The summed E-state index contributed by atoms with van der Waals surface area (Å²) in [5.74, 6) is 0.715. The molecule has 0 fully saturated rings. The van der Waals surface area contributed by atoms with E-state index >= 15 is 0 Å². The van der Waals surface area contributed by atoms with E-state index in [1.807, 2.05) is 30.3 Å². The Morgan fingerprint density at radius 2 is 1.16 bits per heavy atom. The summed E-state index contributed by atoms with van der Waals surface area (Å²) in [5, 5.41) is 10.4. The van der Waals surface area contributed by atoms with Crippen molar-refractivity contribution in [3.8, 4) is 11.1 Å². The molecule has 4 nitrogen and oxygen atoms in total. The molecule has 0 bridgehead atoms. The van der Waals surface area contributed by atoms with E-state index in [-0.39, 0.29) is 0 Å². The number of fused-ring (bicyclic) bond motifs is 13. The monoisotopic (exact) mass is 788 g/mol. The molecule has 0 aliphatic carbocycles. The molecule has 61 heavy (non-hydrogen) atoms. The zero-order chi connectivity index (χ0) is 41.5. The molecule has 3 heterocycles. The summed E-state index contributed by atoms with van der Waals surface area (Å²) in [7, 11) is 0. The standard InChI is InChI=1S/C54H36N2O2.C3H8/c1-34(35-24-26-37(27-25-35)36-14-4-3-5-15-36)53-48(43-20-10-12-22-46(43)57-53)39(30-32-55-2)31-33-56-51-40-17-7-6-16-38(40)28-29-45(51)49-41-18-8-9-19-42(41)50-44-21-11-13-23-47(44)58-54(50)52(49)56;1-3-2/h3-32H,1-2,33H2;3H2,1-2H3/b32-30-,39-31+;. The van der Waals surface area contributed by atoms with Gasteiger partial charge in [-0.05, 0) is 63.3 Å². The van der Waals surface area contributed by atoms with Crippen LogP contribution in [-0.2, 0) is 6.54 Å². The van der Waals surface area contributed by atoms with Crippen molar-refractivity contribution < 1.29 is 8.83 Å². The van der Waals surface area contributed by atoms with Crippen LogP contribution < -0.4 is 0 Å². The van der Waals surface area contributed by atoms with Crippen molar-refractivity contribution in [1.29, 1.82) is 0 Å². The van der Waals surface area contributed by atoms with Crippen LogP contribution in [0.5, 0.6) is 0 Å². The van der Waals surface area contributed by atoms with E-state index < -0.39 is 0 Å². The van der Waals surface area contributed by atoms with Crippen LogP contribution in [-0.4, -0.2) is 11.3 Å². The Hall–Kier alpha value is -7.69. The number of benzene rings is 8. The second-order valence-electron chi connectivity index (χ2n) is 15.5. The van der Waals surface area contributed by atoms with Gasteiger partial charge < -0.3 is 13.4 Å². The average molecular weight is 789 g/mol. The maximum absolute atomic E-state index is 6.89. The fraction of sp³-hybridized carbons (Fsp3) is 0.0702. The van der Waals surface area contributed by atoms with Crippen molar-refractivity contribution in [3.05, 3.63) is 206 Å². The van der Waals surface area contributed by atoms with Gasteiger partial charge in [0.1, 0.15) is 16.9 Å². The first-order valence-electron chi connectivity index (χ1n) is 20.9. The highest BCUT2D eigenvalue weighted by atomic mass is 16.3. The third-order valence-corrected chi connectivity index (χ3v) is 11.6. The van der Waals surface area contributed by atoms with Crippen molar-refractivity contribution in [1.82, 2.24) is 4.57 Å². The molecule has 11 rings (SSSR count). The molecule has 294 valence electrons. The van der Waals surface area contributed by atoms with Gasteiger partial charge in [-0.25, -0.2) is 0 Å². The van der Waals surface area contributed by atoms with Crippen molar-refractivity contribution in [2.75, 3.05) is 0 Å². The predicted octanol–water partition coefficient (Wildman–Crippen LogP) is 16.2. The minimum atomic E-state index is 0.534. The Balaban J connectivity index is 0.00000144. The number of furan rings is 2. The summed E-state index contributed by atoms with van der Waals surface area (Å²) in [6.07, 6.45) is 7.30. The number of nitrogens with zero attached hydrogens (tertiary/aromatic N) is 2. The molecular weight excluding hydrogens is 745 g/mol. The maximum atomic E-state index is 6.89. The highest BCUT2D eigenvalue weighted by molar-refractivity contribution is 6.36. The smallest absolute Gasteiger partial charge is 0.160 e. The number of aliphatic imine (C=N–C) groups is 1. The van der Waals surface area contributed by atoms with Crippen molar-refractivity contribution in [2.24, 2.45) is 4.99 Å². The maximum Gasteiger partial charge on any atom is 0.160 e. The van der Waals surface area contributed by atoms with Crippen LogP contribution in [0, 0.1) is 0 Å². The highest BCUT2D eigenvalue weighted by Crippen LogP contribution is 2.46. The Labute approximate surface area is 354 Å². The van der Waals surface area contributed by atoms with Gasteiger partial charge in [0, 0.05) is 56.2 Å². The van der Waals surface area contributed by atoms with Gasteiger partial charge in [0.15, 0.2) is 5.58 Å². The van der Waals surface area contributed by atoms with E-state index in [1.165, 1.54) is 44.3 Å². The minimum absolute atomic E-state index is 0.534. The number of para-hydroxylation sites is 2. The average Bonchev–Trinajstić information content (AvgIpc) is 4.00. The first kappa shape index (κ1) is 37.6. The zero-order valence-corrected chi connectivity index (χ0v) is 34.4. The normalized spacial score (nSPS) is 12.1. The molecule has 0 saturated carbocycles. The van der Waals surface area contributed by atoms with Gasteiger partial charge in [-0.2, -0.15) is 0 Å². The molecule has 0 atom stereocenters. The Bertz CT molecular complexity index is 3520. The summed E-state index contributed by atoms with van der Waals surface area (Å²) < 4.78 is 16.1. The number of hydrogen-bond donors (Lipinski definition) is 0. The predicted molar refractivity (Wildman–Crippen MR) is 261 cm³/mol. The van der Waals surface area contributed by atoms with Gasteiger partial charge in [0.2, 0.25) is 0 Å². The molecule has 0 spiro atoms. The molecule has 0 N–H and O–H groups in total. The molecule has 0 aliphatic rings. The summed E-state index contributed by atoms with van der Waals surface area (Å²) in [6, 6.07) is 57.4. The van der Waals surface area contributed by atoms with Crippen molar-refractivity contribution in [3.63, 3.8) is 0 Å². The molecule has 0 saturated heterocycles. The second-order valence-corrected chi connectivity index (χ2v) is 15.5. The largest absolute Gasteiger partial charge is 0.455 e. The van der Waals surface area contributed by atoms with E-state index in [2.05, 4.69) is 182 Å². The molecule has 8 aromatic carbocycles. The van der Waals surface area contributed by atoms with Crippen molar-refractivity contribution in [2.45, 2.75) is 26.8 Å².